The van der Waals surface area contributed by atoms with Gasteiger partial charge in [-0.15, -0.1) is 0 Å². The summed E-state index contributed by atoms with van der Waals surface area (Å²) in [6, 6.07) is 49.4. The standard InChI is InChI=1S/C43H24N4O/c1-2-9-25(10-3-1)35-23-36(27-17-20-34-39(22-27)48-24-44-34)46-43(45-35)33-19-18-31-30-15-8-14-29-28-12-5-4-11-26(28)21-38(40(29)30)47-37-16-7-6-13-32(37)41(33)42(31)47/h1-24H. The van der Waals surface area contributed by atoms with Crippen LogP contribution < -0.4 is 0 Å². The first-order valence-electron chi connectivity index (χ1n) is 16.1. The van der Waals surface area contributed by atoms with Crippen molar-refractivity contribution in [2.75, 3.05) is 0 Å². The maximum atomic E-state index is 5.67. The Morgan fingerprint density at radius 3 is 2.15 bits per heavy atom. The van der Waals surface area contributed by atoms with Gasteiger partial charge in [0.1, 0.15) is 5.52 Å². The highest BCUT2D eigenvalue weighted by molar-refractivity contribution is 6.32. The molecular weight excluding hydrogens is 589 g/mol. The Hall–Kier alpha value is -6.59. The molecule has 0 aliphatic carbocycles. The van der Waals surface area contributed by atoms with E-state index in [9.17, 15) is 0 Å². The third-order valence-electron chi connectivity index (χ3n) is 9.87. The van der Waals surface area contributed by atoms with Crippen molar-refractivity contribution in [1.82, 2.24) is 19.4 Å². The van der Waals surface area contributed by atoms with Crippen LogP contribution in [0.5, 0.6) is 0 Å². The first-order chi connectivity index (χ1) is 23.8. The van der Waals surface area contributed by atoms with Gasteiger partial charge >= 0.3 is 0 Å². The van der Waals surface area contributed by atoms with Crippen LogP contribution in [0.25, 0.3) is 105 Å². The van der Waals surface area contributed by atoms with Crippen LogP contribution in [0.15, 0.2) is 150 Å². The first-order valence-corrected chi connectivity index (χ1v) is 16.1. The molecule has 0 bridgehead atoms. The van der Waals surface area contributed by atoms with Crippen molar-refractivity contribution >= 4 is 70.7 Å². The second-order valence-electron chi connectivity index (χ2n) is 12.4. The van der Waals surface area contributed by atoms with Gasteiger partial charge in [-0.1, -0.05) is 103 Å². The molecule has 0 spiro atoms. The zero-order valence-electron chi connectivity index (χ0n) is 25.6. The Bertz CT molecular complexity index is 3060. The molecule has 5 heteroatoms. The Labute approximate surface area is 273 Å². The number of pyridine rings is 1. The smallest absolute Gasteiger partial charge is 0.181 e. The monoisotopic (exact) mass is 612 g/mol. The number of para-hydroxylation sites is 1. The molecule has 0 saturated carbocycles. The van der Waals surface area contributed by atoms with Crippen molar-refractivity contribution in [3.05, 3.63) is 146 Å². The summed E-state index contributed by atoms with van der Waals surface area (Å²) in [6.45, 7) is 0. The summed E-state index contributed by atoms with van der Waals surface area (Å²) in [5, 5.41) is 9.86. The molecule has 7 aromatic carbocycles. The van der Waals surface area contributed by atoms with Gasteiger partial charge in [0, 0.05) is 38.2 Å². The highest BCUT2D eigenvalue weighted by Gasteiger charge is 2.23. The average molecular weight is 613 g/mol. The van der Waals surface area contributed by atoms with Crippen molar-refractivity contribution in [3.8, 4) is 33.9 Å². The minimum atomic E-state index is 0.681. The number of aromatic nitrogens is 4. The quantitative estimate of drug-likeness (QED) is 0.147. The van der Waals surface area contributed by atoms with Crippen LogP contribution in [0.1, 0.15) is 0 Å². The Morgan fingerprint density at radius 1 is 0.500 bits per heavy atom. The molecule has 0 amide bonds. The zero-order chi connectivity index (χ0) is 31.3. The first kappa shape index (κ1) is 25.6. The van der Waals surface area contributed by atoms with Gasteiger partial charge in [-0.25, -0.2) is 15.0 Å². The minimum absolute atomic E-state index is 0.681. The molecule has 0 unspecified atom stereocenters. The van der Waals surface area contributed by atoms with Crippen molar-refractivity contribution in [1.29, 1.82) is 0 Å². The lowest BCUT2D eigenvalue weighted by atomic mass is 9.94. The third-order valence-corrected chi connectivity index (χ3v) is 9.87. The number of nitrogens with zero attached hydrogens (tertiary/aromatic N) is 4. The van der Waals surface area contributed by atoms with E-state index < -0.39 is 0 Å². The maximum Gasteiger partial charge on any atom is 0.181 e. The largest absolute Gasteiger partial charge is 0.443 e. The second-order valence-corrected chi connectivity index (χ2v) is 12.4. The highest BCUT2D eigenvalue weighted by Crippen LogP contribution is 2.45. The van der Waals surface area contributed by atoms with Crippen molar-refractivity contribution in [2.45, 2.75) is 0 Å². The molecule has 0 fully saturated rings. The van der Waals surface area contributed by atoms with Gasteiger partial charge in [0.05, 0.1) is 27.9 Å². The number of hydrogen-bond donors (Lipinski definition) is 0. The van der Waals surface area contributed by atoms with E-state index in [1.165, 1.54) is 60.6 Å². The van der Waals surface area contributed by atoms with Gasteiger partial charge < -0.3 is 8.82 Å². The molecule has 0 aliphatic heterocycles. The number of fused-ring (bicyclic) bond motifs is 8. The SMILES string of the molecule is c1ccc(-c2cc(-c3ccc4ncoc4c3)nc(-c3ccc4c5cccc6c7ccccc7cc(c65)n5c6ccccc6c3c45)n2)cc1. The van der Waals surface area contributed by atoms with E-state index in [1.54, 1.807) is 0 Å². The van der Waals surface area contributed by atoms with Gasteiger partial charge in [-0.05, 0) is 57.9 Å². The van der Waals surface area contributed by atoms with E-state index in [4.69, 9.17) is 14.4 Å². The number of rotatable bonds is 3. The van der Waals surface area contributed by atoms with Crippen LogP contribution in [0, 0.1) is 0 Å². The number of benzene rings is 7. The van der Waals surface area contributed by atoms with E-state index in [2.05, 4.69) is 119 Å². The average Bonchev–Trinajstić information content (AvgIpc) is 3.77. The van der Waals surface area contributed by atoms with Gasteiger partial charge in [0.15, 0.2) is 17.8 Å². The summed E-state index contributed by atoms with van der Waals surface area (Å²) >= 11 is 0. The Kier molecular flexibility index (Phi) is 5.05. The fourth-order valence-corrected chi connectivity index (χ4v) is 7.78. The third kappa shape index (κ3) is 3.47. The van der Waals surface area contributed by atoms with Crippen molar-refractivity contribution in [2.24, 2.45) is 0 Å². The van der Waals surface area contributed by atoms with Crippen LogP contribution >= 0.6 is 0 Å². The van der Waals surface area contributed by atoms with Crippen LogP contribution in [-0.2, 0) is 0 Å². The maximum absolute atomic E-state index is 5.67. The summed E-state index contributed by atoms with van der Waals surface area (Å²) in [5.41, 5.74) is 9.77. The molecule has 4 aromatic heterocycles. The molecule has 222 valence electrons. The topological polar surface area (TPSA) is 56.2 Å². The summed E-state index contributed by atoms with van der Waals surface area (Å²) in [4.78, 5) is 14.8. The molecule has 48 heavy (non-hydrogen) atoms. The van der Waals surface area contributed by atoms with Gasteiger partial charge in [0.2, 0.25) is 0 Å². The predicted octanol–water partition coefficient (Wildman–Crippen LogP) is 11.1. The summed E-state index contributed by atoms with van der Waals surface area (Å²) in [5.74, 6) is 0.681. The predicted molar refractivity (Wildman–Crippen MR) is 196 cm³/mol. The van der Waals surface area contributed by atoms with E-state index >= 15 is 0 Å². The molecule has 0 atom stereocenters. The molecular formula is C43H24N4O. The van der Waals surface area contributed by atoms with Crippen molar-refractivity contribution < 1.29 is 4.42 Å². The zero-order valence-corrected chi connectivity index (χ0v) is 25.6. The summed E-state index contributed by atoms with van der Waals surface area (Å²) < 4.78 is 8.14. The Morgan fingerprint density at radius 2 is 1.25 bits per heavy atom. The van der Waals surface area contributed by atoms with Crippen LogP contribution in [0.2, 0.25) is 0 Å². The summed E-state index contributed by atoms with van der Waals surface area (Å²) in [7, 11) is 0. The van der Waals surface area contributed by atoms with Gasteiger partial charge in [-0.3, -0.25) is 0 Å². The number of hydrogen-bond acceptors (Lipinski definition) is 4. The Balaban J connectivity index is 1.28. The van der Waals surface area contributed by atoms with E-state index in [1.807, 2.05) is 30.3 Å². The fraction of sp³-hybridized carbons (Fsp3) is 0. The minimum Gasteiger partial charge on any atom is -0.443 e. The van der Waals surface area contributed by atoms with Crippen LogP contribution in [0.4, 0.5) is 0 Å². The second kappa shape index (κ2) is 9.47. The van der Waals surface area contributed by atoms with E-state index in [-0.39, 0.29) is 0 Å². The molecule has 0 N–H and O–H groups in total. The highest BCUT2D eigenvalue weighted by atomic mass is 16.3. The van der Waals surface area contributed by atoms with E-state index in [0.29, 0.717) is 5.82 Å². The van der Waals surface area contributed by atoms with Crippen molar-refractivity contribution in [3.63, 3.8) is 0 Å². The lowest BCUT2D eigenvalue weighted by Gasteiger charge is -2.16. The van der Waals surface area contributed by atoms with Gasteiger partial charge in [0.25, 0.3) is 0 Å². The molecule has 0 radical (unpaired) electrons. The lowest BCUT2D eigenvalue weighted by Crippen LogP contribution is -1.97. The lowest BCUT2D eigenvalue weighted by molar-refractivity contribution is 0.602. The molecule has 11 aromatic rings. The summed E-state index contributed by atoms with van der Waals surface area (Å²) in [6.07, 6.45) is 1.48. The molecule has 0 saturated heterocycles. The van der Waals surface area contributed by atoms with Gasteiger partial charge in [-0.2, -0.15) is 0 Å². The van der Waals surface area contributed by atoms with E-state index in [0.717, 1.165) is 44.6 Å². The van der Waals surface area contributed by atoms with Crippen LogP contribution in [0.3, 0.4) is 0 Å². The molecule has 4 heterocycles. The molecule has 11 rings (SSSR count). The van der Waals surface area contributed by atoms with Crippen LogP contribution in [-0.4, -0.2) is 19.4 Å². The number of oxazole rings is 1. The normalized spacial score (nSPS) is 12.2. The fourth-order valence-electron chi connectivity index (χ4n) is 7.78. The molecule has 5 nitrogen and oxygen atoms in total. The molecule has 0 aliphatic rings.